The lowest BCUT2D eigenvalue weighted by Gasteiger charge is -2.20. The molecule has 0 bridgehead atoms. The van der Waals surface area contributed by atoms with E-state index in [9.17, 15) is 4.79 Å². The van der Waals surface area contributed by atoms with Gasteiger partial charge >= 0.3 is 5.97 Å². The van der Waals surface area contributed by atoms with Crippen molar-refractivity contribution in [1.82, 2.24) is 4.98 Å². The molecule has 114 valence electrons. The molecule has 4 nitrogen and oxygen atoms in total. The quantitative estimate of drug-likeness (QED) is 0.624. The van der Waals surface area contributed by atoms with Crippen LogP contribution in [0, 0.1) is 0 Å². The molecular weight excluding hydrogens is 276 g/mol. The van der Waals surface area contributed by atoms with Crippen molar-refractivity contribution >= 4 is 11.8 Å². The predicted octanol–water partition coefficient (Wildman–Crippen LogP) is 3.74. The first-order valence-electron chi connectivity index (χ1n) is 7.28. The van der Waals surface area contributed by atoms with Crippen LogP contribution in [0.4, 0.5) is 5.82 Å². The van der Waals surface area contributed by atoms with Crippen molar-refractivity contribution in [2.75, 3.05) is 11.9 Å². The van der Waals surface area contributed by atoms with E-state index in [-0.39, 0.29) is 12.0 Å². The lowest BCUT2D eigenvalue weighted by molar-refractivity contribution is -0.138. The molecule has 22 heavy (non-hydrogen) atoms. The number of hydrogen-bond donors (Lipinski definition) is 1. The summed E-state index contributed by atoms with van der Waals surface area (Å²) in [5, 5.41) is 3.34. The molecule has 0 saturated carbocycles. The number of nitrogens with one attached hydrogen (secondary N) is 1. The SMILES string of the molecule is C=C(CC(Nc1ccccn1)c1ccccc1)C(=O)OCC. The number of carbonyl (C=O) groups excluding carboxylic acids is 1. The van der Waals surface area contributed by atoms with Crippen molar-refractivity contribution in [3.8, 4) is 0 Å². The first-order valence-corrected chi connectivity index (χ1v) is 7.28. The normalized spacial score (nSPS) is 11.5. The summed E-state index contributed by atoms with van der Waals surface area (Å²) in [6, 6.07) is 15.5. The van der Waals surface area contributed by atoms with Crippen LogP contribution in [0.1, 0.15) is 24.9 Å². The Labute approximate surface area is 130 Å². The molecular formula is C18H20N2O2. The first kappa shape index (κ1) is 15.8. The lowest BCUT2D eigenvalue weighted by Crippen LogP contribution is -2.16. The van der Waals surface area contributed by atoms with Gasteiger partial charge in [-0.25, -0.2) is 9.78 Å². The summed E-state index contributed by atoms with van der Waals surface area (Å²) in [5.41, 5.74) is 1.51. The number of benzene rings is 1. The van der Waals surface area contributed by atoms with E-state index in [2.05, 4.69) is 16.9 Å². The minimum absolute atomic E-state index is 0.0898. The van der Waals surface area contributed by atoms with E-state index in [1.807, 2.05) is 48.5 Å². The van der Waals surface area contributed by atoms with Crippen molar-refractivity contribution < 1.29 is 9.53 Å². The number of esters is 1. The van der Waals surface area contributed by atoms with E-state index in [1.165, 1.54) is 0 Å². The minimum atomic E-state index is -0.355. The molecule has 0 spiro atoms. The molecule has 0 aliphatic heterocycles. The number of nitrogens with zero attached hydrogens (tertiary/aromatic N) is 1. The number of ether oxygens (including phenoxy) is 1. The molecule has 0 fully saturated rings. The highest BCUT2D eigenvalue weighted by Crippen LogP contribution is 2.25. The highest BCUT2D eigenvalue weighted by atomic mass is 16.5. The van der Waals surface area contributed by atoms with Crippen molar-refractivity contribution in [3.63, 3.8) is 0 Å². The van der Waals surface area contributed by atoms with Gasteiger partial charge in [0, 0.05) is 18.2 Å². The van der Waals surface area contributed by atoms with E-state index in [1.54, 1.807) is 13.1 Å². The fourth-order valence-corrected chi connectivity index (χ4v) is 2.13. The third kappa shape index (κ3) is 4.45. The van der Waals surface area contributed by atoms with Crippen LogP contribution < -0.4 is 5.32 Å². The molecule has 0 radical (unpaired) electrons. The van der Waals surface area contributed by atoms with Gasteiger partial charge in [-0.1, -0.05) is 43.0 Å². The van der Waals surface area contributed by atoms with Gasteiger partial charge in [0.15, 0.2) is 0 Å². The number of carbonyl (C=O) groups is 1. The van der Waals surface area contributed by atoms with Crippen molar-refractivity contribution in [2.24, 2.45) is 0 Å². The van der Waals surface area contributed by atoms with Crippen molar-refractivity contribution in [2.45, 2.75) is 19.4 Å². The molecule has 2 rings (SSSR count). The van der Waals surface area contributed by atoms with Crippen LogP contribution in [0.25, 0.3) is 0 Å². The Morgan fingerprint density at radius 1 is 1.23 bits per heavy atom. The number of rotatable bonds is 7. The van der Waals surface area contributed by atoms with Gasteiger partial charge in [0.1, 0.15) is 5.82 Å². The average Bonchev–Trinajstić information content (AvgIpc) is 2.56. The second kappa shape index (κ2) is 7.98. The van der Waals surface area contributed by atoms with Crippen LogP contribution in [0.3, 0.4) is 0 Å². The molecule has 0 aliphatic carbocycles. The molecule has 1 aromatic heterocycles. The molecule has 1 aromatic carbocycles. The maximum absolute atomic E-state index is 11.8. The fraction of sp³-hybridized carbons (Fsp3) is 0.222. The highest BCUT2D eigenvalue weighted by molar-refractivity contribution is 5.87. The van der Waals surface area contributed by atoms with Gasteiger partial charge in [0.05, 0.1) is 12.6 Å². The van der Waals surface area contributed by atoms with Gasteiger partial charge in [-0.3, -0.25) is 0 Å². The topological polar surface area (TPSA) is 51.2 Å². The van der Waals surface area contributed by atoms with E-state index in [4.69, 9.17) is 4.74 Å². The summed E-state index contributed by atoms with van der Waals surface area (Å²) in [4.78, 5) is 16.1. The number of aromatic nitrogens is 1. The van der Waals surface area contributed by atoms with Crippen molar-refractivity contribution in [1.29, 1.82) is 0 Å². The second-order valence-electron chi connectivity index (χ2n) is 4.85. The number of pyridine rings is 1. The van der Waals surface area contributed by atoms with E-state index in [0.717, 1.165) is 11.4 Å². The molecule has 1 atom stereocenters. The molecule has 1 heterocycles. The maximum atomic E-state index is 11.8. The Hall–Kier alpha value is -2.62. The second-order valence-corrected chi connectivity index (χ2v) is 4.85. The first-order chi connectivity index (χ1) is 10.7. The lowest BCUT2D eigenvalue weighted by atomic mass is 9.99. The summed E-state index contributed by atoms with van der Waals surface area (Å²) >= 11 is 0. The third-order valence-corrected chi connectivity index (χ3v) is 3.20. The number of anilines is 1. The predicted molar refractivity (Wildman–Crippen MR) is 87.4 cm³/mol. The van der Waals surface area contributed by atoms with Crippen molar-refractivity contribution in [3.05, 3.63) is 72.4 Å². The summed E-state index contributed by atoms with van der Waals surface area (Å²) in [6.07, 6.45) is 2.18. The van der Waals surface area contributed by atoms with Crippen LogP contribution in [0.5, 0.6) is 0 Å². The van der Waals surface area contributed by atoms with Crippen LogP contribution in [0.15, 0.2) is 66.9 Å². The molecule has 0 aliphatic rings. The van der Waals surface area contributed by atoms with E-state index < -0.39 is 0 Å². The highest BCUT2D eigenvalue weighted by Gasteiger charge is 2.17. The van der Waals surface area contributed by atoms with E-state index >= 15 is 0 Å². The van der Waals surface area contributed by atoms with Gasteiger partial charge < -0.3 is 10.1 Å². The molecule has 4 heteroatoms. The number of hydrogen-bond acceptors (Lipinski definition) is 4. The smallest absolute Gasteiger partial charge is 0.333 e. The Morgan fingerprint density at radius 3 is 2.59 bits per heavy atom. The van der Waals surface area contributed by atoms with Gasteiger partial charge in [0.25, 0.3) is 0 Å². The monoisotopic (exact) mass is 296 g/mol. The summed E-state index contributed by atoms with van der Waals surface area (Å²) in [7, 11) is 0. The molecule has 2 aromatic rings. The fourth-order valence-electron chi connectivity index (χ4n) is 2.13. The van der Waals surface area contributed by atoms with E-state index in [0.29, 0.717) is 18.6 Å². The van der Waals surface area contributed by atoms with Crippen LogP contribution in [0.2, 0.25) is 0 Å². The molecule has 0 amide bonds. The summed E-state index contributed by atoms with van der Waals surface area (Å²) in [5.74, 6) is 0.402. The van der Waals surface area contributed by atoms with Crippen LogP contribution >= 0.6 is 0 Å². The van der Waals surface area contributed by atoms with Crippen LogP contribution in [-0.4, -0.2) is 17.6 Å². The zero-order chi connectivity index (χ0) is 15.8. The Kier molecular flexibility index (Phi) is 5.72. The Bertz CT molecular complexity index is 611. The Balaban J connectivity index is 2.15. The molecule has 1 N–H and O–H groups in total. The average molecular weight is 296 g/mol. The van der Waals surface area contributed by atoms with Crippen LogP contribution in [-0.2, 0) is 9.53 Å². The standard InChI is InChI=1S/C18H20N2O2/c1-3-22-18(21)14(2)13-16(15-9-5-4-6-10-15)20-17-11-7-8-12-19-17/h4-12,16H,2-3,13H2,1H3,(H,19,20). The summed E-state index contributed by atoms with van der Waals surface area (Å²) in [6.45, 7) is 5.98. The maximum Gasteiger partial charge on any atom is 0.333 e. The zero-order valence-corrected chi connectivity index (χ0v) is 12.7. The van der Waals surface area contributed by atoms with Gasteiger partial charge in [-0.2, -0.15) is 0 Å². The van der Waals surface area contributed by atoms with Gasteiger partial charge in [-0.15, -0.1) is 0 Å². The summed E-state index contributed by atoms with van der Waals surface area (Å²) < 4.78 is 5.01. The third-order valence-electron chi connectivity index (χ3n) is 3.20. The zero-order valence-electron chi connectivity index (χ0n) is 12.7. The largest absolute Gasteiger partial charge is 0.463 e. The molecule has 1 unspecified atom stereocenters. The van der Waals surface area contributed by atoms with Gasteiger partial charge in [-0.05, 0) is 24.6 Å². The minimum Gasteiger partial charge on any atom is -0.463 e. The van der Waals surface area contributed by atoms with Gasteiger partial charge in [0.2, 0.25) is 0 Å². The molecule has 0 saturated heterocycles. The Morgan fingerprint density at radius 2 is 1.95 bits per heavy atom.